The van der Waals surface area contributed by atoms with Gasteiger partial charge in [0.25, 0.3) is 0 Å². The van der Waals surface area contributed by atoms with Crippen LogP contribution in [-0.4, -0.2) is 70.3 Å². The van der Waals surface area contributed by atoms with Crippen LogP contribution in [0.3, 0.4) is 0 Å². The van der Waals surface area contributed by atoms with Crippen molar-refractivity contribution in [3.8, 4) is 0 Å². The number of nitrogens with zero attached hydrogens (tertiary/aromatic N) is 3. The monoisotopic (exact) mass is 429 g/mol. The number of fused-ring (bicyclic) bond motifs is 1. The van der Waals surface area contributed by atoms with Gasteiger partial charge in [-0.1, -0.05) is 13.8 Å². The van der Waals surface area contributed by atoms with Crippen LogP contribution in [0.4, 0.5) is 5.69 Å². The lowest BCUT2D eigenvalue weighted by Crippen LogP contribution is -2.50. The molecule has 2 aliphatic heterocycles. The van der Waals surface area contributed by atoms with Crippen LogP contribution in [0.5, 0.6) is 0 Å². The minimum atomic E-state index is -3.74. The van der Waals surface area contributed by atoms with Gasteiger partial charge in [0, 0.05) is 50.7 Å². The Hall–Kier alpha value is -1.49. The SMILES string of the molecule is CCS(=O)(=O)N1CCN(S(=O)(=O)c2ccc3c(c2)C(C)(C)CC(=O)N3C)CC1. The van der Waals surface area contributed by atoms with E-state index in [0.717, 1.165) is 11.3 Å². The minimum Gasteiger partial charge on any atom is -0.315 e. The molecule has 1 fully saturated rings. The van der Waals surface area contributed by atoms with E-state index >= 15 is 0 Å². The zero-order valence-electron chi connectivity index (χ0n) is 16.7. The van der Waals surface area contributed by atoms with Crippen LogP contribution in [0, 0.1) is 0 Å². The summed E-state index contributed by atoms with van der Waals surface area (Å²) >= 11 is 0. The number of rotatable bonds is 4. The topological polar surface area (TPSA) is 95.1 Å². The Morgan fingerprint density at radius 3 is 2.14 bits per heavy atom. The molecule has 8 nitrogen and oxygen atoms in total. The molecule has 0 saturated carbocycles. The molecule has 0 aromatic heterocycles. The van der Waals surface area contributed by atoms with Gasteiger partial charge in [0.2, 0.25) is 26.0 Å². The average Bonchev–Trinajstić information content (AvgIpc) is 2.65. The summed E-state index contributed by atoms with van der Waals surface area (Å²) in [6.45, 7) is 6.01. The second kappa shape index (κ2) is 7.08. The fourth-order valence-electron chi connectivity index (χ4n) is 3.76. The second-order valence-corrected chi connectivity index (χ2v) is 12.1. The van der Waals surface area contributed by atoms with Crippen LogP contribution in [0.2, 0.25) is 0 Å². The first kappa shape index (κ1) is 21.2. The maximum absolute atomic E-state index is 13.1. The highest BCUT2D eigenvalue weighted by Crippen LogP contribution is 2.41. The predicted molar refractivity (Wildman–Crippen MR) is 107 cm³/mol. The van der Waals surface area contributed by atoms with Crippen molar-refractivity contribution in [2.75, 3.05) is 43.9 Å². The van der Waals surface area contributed by atoms with E-state index in [1.165, 1.54) is 14.7 Å². The second-order valence-electron chi connectivity index (χ2n) is 7.90. The molecule has 0 aliphatic carbocycles. The third-order valence-corrected chi connectivity index (χ3v) is 9.40. The zero-order chi connectivity index (χ0) is 20.9. The van der Waals surface area contributed by atoms with Crippen molar-refractivity contribution in [3.05, 3.63) is 23.8 Å². The predicted octanol–water partition coefficient (Wildman–Crippen LogP) is 0.987. The summed E-state index contributed by atoms with van der Waals surface area (Å²) in [6.07, 6.45) is 0.313. The Morgan fingerprint density at radius 2 is 1.57 bits per heavy atom. The van der Waals surface area contributed by atoms with Crippen LogP contribution in [0.15, 0.2) is 23.1 Å². The van der Waals surface area contributed by atoms with Crippen LogP contribution in [-0.2, 0) is 30.3 Å². The lowest BCUT2D eigenvalue weighted by atomic mass is 9.77. The highest BCUT2D eigenvalue weighted by Gasteiger charge is 2.37. The van der Waals surface area contributed by atoms with E-state index in [9.17, 15) is 21.6 Å². The molecule has 3 rings (SSSR count). The van der Waals surface area contributed by atoms with Gasteiger partial charge in [0.1, 0.15) is 0 Å². The number of anilines is 1. The van der Waals surface area contributed by atoms with Crippen molar-refractivity contribution in [1.82, 2.24) is 8.61 Å². The maximum atomic E-state index is 13.1. The Morgan fingerprint density at radius 1 is 1.00 bits per heavy atom. The van der Waals surface area contributed by atoms with Crippen LogP contribution in [0.25, 0.3) is 0 Å². The molecule has 0 radical (unpaired) electrons. The summed E-state index contributed by atoms with van der Waals surface area (Å²) in [6, 6.07) is 4.86. The highest BCUT2D eigenvalue weighted by atomic mass is 32.2. The van der Waals surface area contributed by atoms with Crippen molar-refractivity contribution in [2.45, 2.75) is 37.5 Å². The van der Waals surface area contributed by atoms with Crippen molar-refractivity contribution in [3.63, 3.8) is 0 Å². The van der Waals surface area contributed by atoms with Crippen molar-refractivity contribution >= 4 is 31.6 Å². The molecule has 2 heterocycles. The Bertz CT molecular complexity index is 994. The number of carbonyl (C=O) groups is 1. The standard InChI is InChI=1S/C18H27N3O5S2/c1-5-27(23,24)20-8-10-21(11-9-20)28(25,26)14-6-7-16-15(12-14)18(2,3)13-17(22)19(16)4/h6-7,12H,5,8-11,13H2,1-4H3. The zero-order valence-corrected chi connectivity index (χ0v) is 18.3. The molecular weight excluding hydrogens is 402 g/mol. The van der Waals surface area contributed by atoms with Gasteiger partial charge < -0.3 is 4.90 Å². The molecule has 0 atom stereocenters. The van der Waals surface area contributed by atoms with Gasteiger partial charge in [-0.3, -0.25) is 4.79 Å². The smallest absolute Gasteiger partial charge is 0.243 e. The molecule has 0 N–H and O–H groups in total. The highest BCUT2D eigenvalue weighted by molar-refractivity contribution is 7.89. The third-order valence-electron chi connectivity index (χ3n) is 5.62. The van der Waals surface area contributed by atoms with Crippen LogP contribution < -0.4 is 4.90 Å². The number of hydrogen-bond donors (Lipinski definition) is 0. The first-order chi connectivity index (χ1) is 12.9. The molecule has 0 unspecified atom stereocenters. The first-order valence-electron chi connectivity index (χ1n) is 9.29. The summed E-state index contributed by atoms with van der Waals surface area (Å²) in [5.74, 6) is 0.00711. The van der Waals surface area contributed by atoms with E-state index in [2.05, 4.69) is 0 Å². The summed E-state index contributed by atoms with van der Waals surface area (Å²) in [5, 5.41) is 0. The molecule has 156 valence electrons. The fourth-order valence-corrected chi connectivity index (χ4v) is 6.29. The maximum Gasteiger partial charge on any atom is 0.243 e. The van der Waals surface area contributed by atoms with Crippen molar-refractivity contribution < 1.29 is 21.6 Å². The number of carbonyl (C=O) groups excluding carboxylic acids is 1. The van der Waals surface area contributed by atoms with Gasteiger partial charge in [-0.25, -0.2) is 16.8 Å². The number of sulfonamides is 2. The van der Waals surface area contributed by atoms with Crippen molar-refractivity contribution in [2.24, 2.45) is 0 Å². The average molecular weight is 430 g/mol. The Kier molecular flexibility index (Phi) is 5.37. The van der Waals surface area contributed by atoms with Crippen LogP contribution >= 0.6 is 0 Å². The molecule has 0 bridgehead atoms. The molecule has 1 saturated heterocycles. The number of amides is 1. The van der Waals surface area contributed by atoms with Gasteiger partial charge >= 0.3 is 0 Å². The number of benzene rings is 1. The lowest BCUT2D eigenvalue weighted by Gasteiger charge is -2.37. The molecule has 1 amide bonds. The number of piperazine rings is 1. The van der Waals surface area contributed by atoms with Crippen molar-refractivity contribution in [1.29, 1.82) is 0 Å². The largest absolute Gasteiger partial charge is 0.315 e. The molecular formula is C18H27N3O5S2. The molecule has 1 aromatic carbocycles. The summed E-state index contributed by atoms with van der Waals surface area (Å²) in [4.78, 5) is 13.9. The third kappa shape index (κ3) is 3.58. The number of hydrogen-bond acceptors (Lipinski definition) is 5. The summed E-state index contributed by atoms with van der Waals surface area (Å²) < 4.78 is 52.9. The molecule has 1 aromatic rings. The molecule has 2 aliphatic rings. The van der Waals surface area contributed by atoms with Gasteiger partial charge in [-0.05, 0) is 30.7 Å². The normalized spacial score (nSPS) is 21.6. The van der Waals surface area contributed by atoms with E-state index in [4.69, 9.17) is 0 Å². The first-order valence-corrected chi connectivity index (χ1v) is 12.3. The molecule has 28 heavy (non-hydrogen) atoms. The van der Waals surface area contributed by atoms with E-state index in [0.29, 0.717) is 6.42 Å². The summed E-state index contributed by atoms with van der Waals surface area (Å²) in [7, 11) is -5.37. The van der Waals surface area contributed by atoms with E-state index in [1.807, 2.05) is 13.8 Å². The Balaban J connectivity index is 1.89. The lowest BCUT2D eigenvalue weighted by molar-refractivity contribution is -0.119. The van der Waals surface area contributed by atoms with E-state index in [1.54, 1.807) is 31.0 Å². The Labute approximate surface area is 167 Å². The van der Waals surface area contributed by atoms with Gasteiger partial charge in [0.15, 0.2) is 0 Å². The van der Waals surface area contributed by atoms with Gasteiger partial charge in [-0.2, -0.15) is 8.61 Å². The van der Waals surface area contributed by atoms with Gasteiger partial charge in [-0.15, -0.1) is 0 Å². The van der Waals surface area contributed by atoms with E-state index < -0.39 is 25.5 Å². The molecule has 0 spiro atoms. The van der Waals surface area contributed by atoms with Gasteiger partial charge in [0.05, 0.1) is 10.6 Å². The molecule has 10 heteroatoms. The van der Waals surface area contributed by atoms with E-state index in [-0.39, 0.29) is 42.7 Å². The minimum absolute atomic E-state index is 0.00126. The summed E-state index contributed by atoms with van der Waals surface area (Å²) in [5.41, 5.74) is 1.08. The van der Waals surface area contributed by atoms with Crippen LogP contribution in [0.1, 0.15) is 32.8 Å². The quantitative estimate of drug-likeness (QED) is 0.711. The fraction of sp³-hybridized carbons (Fsp3) is 0.611.